The maximum absolute atomic E-state index is 13.5. The SMILES string of the molecule is C[C@@H]1CCC(=O)N(C[C@@H](N)CC(=O)N2CCc3c(nc(C4CC4)nc3C(F)(F)F)C2)C1. The van der Waals surface area contributed by atoms with Crippen molar-refractivity contribution in [1.29, 1.82) is 0 Å². The molecule has 31 heavy (non-hydrogen) atoms. The van der Waals surface area contributed by atoms with Gasteiger partial charge in [0.15, 0.2) is 5.69 Å². The molecule has 0 spiro atoms. The Labute approximate surface area is 179 Å². The summed E-state index contributed by atoms with van der Waals surface area (Å²) in [5.41, 5.74) is 5.68. The molecule has 7 nitrogen and oxygen atoms in total. The highest BCUT2D eigenvalue weighted by molar-refractivity contribution is 5.78. The molecule has 0 unspecified atom stereocenters. The molecule has 1 aromatic rings. The van der Waals surface area contributed by atoms with Gasteiger partial charge in [-0.15, -0.1) is 0 Å². The van der Waals surface area contributed by atoms with Gasteiger partial charge in [-0.1, -0.05) is 6.92 Å². The Hall–Kier alpha value is -2.23. The van der Waals surface area contributed by atoms with Crippen LogP contribution < -0.4 is 5.73 Å². The van der Waals surface area contributed by atoms with Crippen LogP contribution in [0.4, 0.5) is 13.2 Å². The Kier molecular flexibility index (Phi) is 5.93. The number of aromatic nitrogens is 2. The molecule has 3 heterocycles. The Morgan fingerprint density at radius 1 is 1.23 bits per heavy atom. The van der Waals surface area contributed by atoms with E-state index in [1.807, 2.05) is 0 Å². The molecule has 1 saturated heterocycles. The van der Waals surface area contributed by atoms with Gasteiger partial charge in [0, 0.05) is 50.0 Å². The number of hydrogen-bond acceptors (Lipinski definition) is 5. The molecule has 0 aromatic carbocycles. The van der Waals surface area contributed by atoms with Gasteiger partial charge in [-0.05, 0) is 31.6 Å². The highest BCUT2D eigenvalue weighted by atomic mass is 19.4. The number of halogens is 3. The molecule has 10 heteroatoms. The van der Waals surface area contributed by atoms with E-state index < -0.39 is 17.9 Å². The van der Waals surface area contributed by atoms with E-state index >= 15 is 0 Å². The van der Waals surface area contributed by atoms with Crippen LogP contribution in [-0.2, 0) is 28.7 Å². The van der Waals surface area contributed by atoms with Crippen LogP contribution in [0.25, 0.3) is 0 Å². The smallest absolute Gasteiger partial charge is 0.341 e. The summed E-state index contributed by atoms with van der Waals surface area (Å²) in [6, 6.07) is -0.513. The molecule has 2 aliphatic heterocycles. The lowest BCUT2D eigenvalue weighted by Gasteiger charge is -2.34. The van der Waals surface area contributed by atoms with Crippen molar-refractivity contribution in [3.63, 3.8) is 0 Å². The second kappa shape index (κ2) is 8.37. The van der Waals surface area contributed by atoms with E-state index in [1.54, 1.807) is 4.90 Å². The lowest BCUT2D eigenvalue weighted by molar-refractivity contribution is -0.142. The Bertz CT molecular complexity index is 871. The van der Waals surface area contributed by atoms with Crippen molar-refractivity contribution in [2.24, 2.45) is 11.7 Å². The standard InChI is InChI=1S/C21H28F3N5O2/c1-12-2-5-17(30)29(9-12)10-14(25)8-18(31)28-7-6-15-16(11-28)26-20(13-3-4-13)27-19(15)21(22,23)24/h12-14H,2-11,25H2,1H3/t12-,14+/m1/s1. The summed E-state index contributed by atoms with van der Waals surface area (Å²) in [5, 5.41) is 0. The Morgan fingerprint density at radius 2 is 1.97 bits per heavy atom. The van der Waals surface area contributed by atoms with Crippen LogP contribution >= 0.6 is 0 Å². The first kappa shape index (κ1) is 22.0. The fourth-order valence-electron chi connectivity index (χ4n) is 4.40. The van der Waals surface area contributed by atoms with Gasteiger partial charge in [-0.3, -0.25) is 9.59 Å². The molecule has 2 fully saturated rings. The van der Waals surface area contributed by atoms with Gasteiger partial charge in [0.2, 0.25) is 11.8 Å². The number of amides is 2. The van der Waals surface area contributed by atoms with E-state index in [-0.39, 0.29) is 60.7 Å². The Morgan fingerprint density at radius 3 is 2.65 bits per heavy atom. The zero-order valence-corrected chi connectivity index (χ0v) is 17.6. The van der Waals surface area contributed by atoms with Gasteiger partial charge in [-0.25, -0.2) is 9.97 Å². The number of nitrogens with two attached hydrogens (primary N) is 1. The third-order valence-corrected chi connectivity index (χ3v) is 6.27. The van der Waals surface area contributed by atoms with Gasteiger partial charge < -0.3 is 15.5 Å². The summed E-state index contributed by atoms with van der Waals surface area (Å²) in [7, 11) is 0. The number of alkyl halides is 3. The van der Waals surface area contributed by atoms with E-state index in [4.69, 9.17) is 5.73 Å². The van der Waals surface area contributed by atoms with E-state index in [2.05, 4.69) is 16.9 Å². The number of rotatable bonds is 5. The molecule has 1 aromatic heterocycles. The molecular formula is C21H28F3N5O2. The Balaban J connectivity index is 1.42. The zero-order chi connectivity index (χ0) is 22.3. The van der Waals surface area contributed by atoms with Crippen LogP contribution in [0, 0.1) is 5.92 Å². The summed E-state index contributed by atoms with van der Waals surface area (Å²) in [6.45, 7) is 3.23. The van der Waals surface area contributed by atoms with E-state index in [0.717, 1.165) is 19.3 Å². The van der Waals surface area contributed by atoms with Crippen LogP contribution in [0.5, 0.6) is 0 Å². The maximum Gasteiger partial charge on any atom is 0.433 e. The number of likely N-dealkylation sites (tertiary alicyclic amines) is 1. The van der Waals surface area contributed by atoms with Gasteiger partial charge in [0.25, 0.3) is 0 Å². The first-order chi connectivity index (χ1) is 14.6. The molecule has 2 atom stereocenters. The first-order valence-electron chi connectivity index (χ1n) is 10.9. The molecule has 170 valence electrons. The molecule has 0 bridgehead atoms. The molecule has 4 rings (SSSR count). The number of nitrogens with zero attached hydrogens (tertiary/aromatic N) is 4. The van der Waals surface area contributed by atoms with Crippen molar-refractivity contribution in [3.05, 3.63) is 22.8 Å². The molecule has 1 saturated carbocycles. The van der Waals surface area contributed by atoms with Crippen LogP contribution in [0.2, 0.25) is 0 Å². The molecule has 2 amide bonds. The predicted molar refractivity (Wildman–Crippen MR) is 106 cm³/mol. The quantitative estimate of drug-likeness (QED) is 0.760. The van der Waals surface area contributed by atoms with Crippen molar-refractivity contribution in [1.82, 2.24) is 19.8 Å². The van der Waals surface area contributed by atoms with Crippen molar-refractivity contribution in [3.8, 4) is 0 Å². The predicted octanol–water partition coefficient (Wildman–Crippen LogP) is 2.23. The number of piperidine rings is 1. The zero-order valence-electron chi connectivity index (χ0n) is 17.6. The van der Waals surface area contributed by atoms with Crippen LogP contribution in [0.3, 0.4) is 0 Å². The van der Waals surface area contributed by atoms with Crippen molar-refractivity contribution >= 4 is 11.8 Å². The van der Waals surface area contributed by atoms with Gasteiger partial charge in [0.1, 0.15) is 5.82 Å². The molecule has 3 aliphatic rings. The van der Waals surface area contributed by atoms with E-state index in [9.17, 15) is 22.8 Å². The van der Waals surface area contributed by atoms with Crippen molar-refractivity contribution < 1.29 is 22.8 Å². The maximum atomic E-state index is 13.5. The number of fused-ring (bicyclic) bond motifs is 1. The topological polar surface area (TPSA) is 92.4 Å². The first-order valence-corrected chi connectivity index (χ1v) is 10.9. The van der Waals surface area contributed by atoms with E-state index in [0.29, 0.717) is 25.4 Å². The minimum atomic E-state index is -4.54. The van der Waals surface area contributed by atoms with Gasteiger partial charge >= 0.3 is 6.18 Å². The summed E-state index contributed by atoms with van der Waals surface area (Å²) >= 11 is 0. The second-order valence-electron chi connectivity index (χ2n) is 9.10. The fraction of sp³-hybridized carbons (Fsp3) is 0.714. The summed E-state index contributed by atoms with van der Waals surface area (Å²) < 4.78 is 40.6. The van der Waals surface area contributed by atoms with Gasteiger partial charge in [0.05, 0.1) is 12.2 Å². The van der Waals surface area contributed by atoms with Crippen LogP contribution in [-0.4, -0.2) is 57.3 Å². The third-order valence-electron chi connectivity index (χ3n) is 6.27. The average Bonchev–Trinajstić information content (AvgIpc) is 3.54. The third kappa shape index (κ3) is 4.99. The summed E-state index contributed by atoms with van der Waals surface area (Å²) in [4.78, 5) is 36.3. The molecule has 0 radical (unpaired) electrons. The van der Waals surface area contributed by atoms with Crippen molar-refractivity contribution in [2.45, 2.75) is 70.1 Å². The largest absolute Gasteiger partial charge is 0.433 e. The number of carbonyl (C=O) groups excluding carboxylic acids is 2. The minimum absolute atomic E-state index is 0.0182. The monoisotopic (exact) mass is 439 g/mol. The van der Waals surface area contributed by atoms with Gasteiger partial charge in [-0.2, -0.15) is 13.2 Å². The van der Waals surface area contributed by atoms with Crippen LogP contribution in [0.1, 0.15) is 67.7 Å². The minimum Gasteiger partial charge on any atom is -0.341 e. The highest BCUT2D eigenvalue weighted by Crippen LogP contribution is 2.41. The van der Waals surface area contributed by atoms with E-state index in [1.165, 1.54) is 4.90 Å². The van der Waals surface area contributed by atoms with Crippen molar-refractivity contribution in [2.75, 3.05) is 19.6 Å². The second-order valence-corrected chi connectivity index (χ2v) is 9.10. The summed E-state index contributed by atoms with van der Waals surface area (Å²) in [6.07, 6.45) is -1.48. The number of carbonyl (C=O) groups is 2. The average molecular weight is 439 g/mol. The molecule has 2 N–H and O–H groups in total. The number of hydrogen-bond donors (Lipinski definition) is 1. The lowest BCUT2D eigenvalue weighted by atomic mass is 9.98. The molecular weight excluding hydrogens is 411 g/mol. The highest BCUT2D eigenvalue weighted by Gasteiger charge is 2.41. The molecule has 1 aliphatic carbocycles. The summed E-state index contributed by atoms with van der Waals surface area (Å²) in [5.74, 6) is 0.445. The lowest BCUT2D eigenvalue weighted by Crippen LogP contribution is -2.48. The fourth-order valence-corrected chi connectivity index (χ4v) is 4.40. The van der Waals surface area contributed by atoms with Crippen LogP contribution in [0.15, 0.2) is 0 Å². The normalized spacial score (nSPS) is 23.0.